The molecule has 1 aromatic rings. The maximum Gasteiger partial charge on any atom is 0.314 e. The summed E-state index contributed by atoms with van der Waals surface area (Å²) in [5.41, 5.74) is 1.11. The van der Waals surface area contributed by atoms with Gasteiger partial charge in [0.1, 0.15) is 5.75 Å². The first-order valence-electron chi connectivity index (χ1n) is 6.03. The van der Waals surface area contributed by atoms with E-state index in [0.717, 1.165) is 21.3 Å². The molecule has 0 bridgehead atoms. The molecule has 0 aliphatic heterocycles. The molecule has 0 saturated heterocycles. The molecule has 4 heteroatoms. The van der Waals surface area contributed by atoms with E-state index < -0.39 is 11.4 Å². The Morgan fingerprint density at radius 3 is 2.44 bits per heavy atom. The smallest absolute Gasteiger partial charge is 0.314 e. The molecule has 18 heavy (non-hydrogen) atoms. The van der Waals surface area contributed by atoms with E-state index >= 15 is 0 Å². The van der Waals surface area contributed by atoms with Crippen LogP contribution in [0.2, 0.25) is 0 Å². The van der Waals surface area contributed by atoms with Crippen molar-refractivity contribution < 1.29 is 14.6 Å². The highest BCUT2D eigenvalue weighted by Gasteiger charge is 2.53. The van der Waals surface area contributed by atoms with Crippen molar-refractivity contribution in [3.8, 4) is 5.75 Å². The molecule has 0 aromatic heterocycles. The summed E-state index contributed by atoms with van der Waals surface area (Å²) in [6.07, 6.45) is 1.37. The van der Waals surface area contributed by atoms with Gasteiger partial charge < -0.3 is 9.84 Å². The Hall–Kier alpha value is -1.03. The van der Waals surface area contributed by atoms with Crippen molar-refractivity contribution in [3.05, 3.63) is 27.7 Å². The zero-order valence-corrected chi connectivity index (χ0v) is 12.4. The maximum absolute atomic E-state index is 11.5. The number of hydrogen-bond donors (Lipinski definition) is 1. The fraction of sp³-hybridized carbons (Fsp3) is 0.500. The van der Waals surface area contributed by atoms with Crippen molar-refractivity contribution in [2.75, 3.05) is 7.11 Å². The average molecular weight is 313 g/mol. The van der Waals surface area contributed by atoms with Crippen molar-refractivity contribution in [2.45, 2.75) is 38.0 Å². The zero-order valence-electron chi connectivity index (χ0n) is 10.8. The molecule has 0 heterocycles. The molecule has 0 spiro atoms. The van der Waals surface area contributed by atoms with Gasteiger partial charge in [-0.25, -0.2) is 0 Å². The van der Waals surface area contributed by atoms with Crippen LogP contribution in [0.1, 0.15) is 43.7 Å². The number of carbonyl (C=O) groups is 1. The number of carboxylic acid groups (broad SMARTS) is 1. The molecule has 1 aliphatic carbocycles. The largest absolute Gasteiger partial charge is 0.496 e. The van der Waals surface area contributed by atoms with Gasteiger partial charge in [0, 0.05) is 10.0 Å². The Labute approximate surface area is 115 Å². The molecule has 0 amide bonds. The molecule has 0 radical (unpaired) electrons. The van der Waals surface area contributed by atoms with Crippen LogP contribution in [0.3, 0.4) is 0 Å². The highest BCUT2D eigenvalue weighted by Crippen LogP contribution is 2.53. The second kappa shape index (κ2) is 4.57. The Kier molecular flexibility index (Phi) is 3.41. The summed E-state index contributed by atoms with van der Waals surface area (Å²) in [6, 6.07) is 3.89. The highest BCUT2D eigenvalue weighted by atomic mass is 79.9. The molecule has 2 rings (SSSR count). The van der Waals surface area contributed by atoms with Gasteiger partial charge in [0.2, 0.25) is 0 Å². The van der Waals surface area contributed by atoms with Crippen molar-refractivity contribution in [1.29, 1.82) is 0 Å². The first-order valence-corrected chi connectivity index (χ1v) is 6.83. The summed E-state index contributed by atoms with van der Waals surface area (Å²) in [6.45, 7) is 4.16. The fourth-order valence-electron chi connectivity index (χ4n) is 2.35. The summed E-state index contributed by atoms with van der Waals surface area (Å²) in [7, 11) is 1.61. The Morgan fingerprint density at radius 2 is 2.06 bits per heavy atom. The second-order valence-electron chi connectivity index (χ2n) is 5.12. The first kappa shape index (κ1) is 13.4. The van der Waals surface area contributed by atoms with Crippen molar-refractivity contribution in [3.63, 3.8) is 0 Å². The quantitative estimate of drug-likeness (QED) is 0.922. The van der Waals surface area contributed by atoms with Gasteiger partial charge in [-0.15, -0.1) is 0 Å². The minimum atomic E-state index is -0.756. The highest BCUT2D eigenvalue weighted by molar-refractivity contribution is 9.10. The van der Waals surface area contributed by atoms with E-state index in [9.17, 15) is 9.90 Å². The summed E-state index contributed by atoms with van der Waals surface area (Å²) in [5, 5.41) is 9.43. The lowest BCUT2D eigenvalue weighted by Crippen LogP contribution is -2.21. The number of methoxy groups -OCH3 is 1. The van der Waals surface area contributed by atoms with Crippen LogP contribution in [-0.4, -0.2) is 18.2 Å². The van der Waals surface area contributed by atoms with Crippen molar-refractivity contribution >= 4 is 21.9 Å². The number of benzene rings is 1. The van der Waals surface area contributed by atoms with Gasteiger partial charge in [-0.05, 0) is 36.5 Å². The van der Waals surface area contributed by atoms with Gasteiger partial charge in [-0.2, -0.15) is 0 Å². The first-order chi connectivity index (χ1) is 8.42. The summed E-state index contributed by atoms with van der Waals surface area (Å²) >= 11 is 3.47. The van der Waals surface area contributed by atoms with Crippen LogP contribution in [0, 0.1) is 0 Å². The van der Waals surface area contributed by atoms with Gasteiger partial charge in [0.05, 0.1) is 12.5 Å². The monoisotopic (exact) mass is 312 g/mol. The van der Waals surface area contributed by atoms with Crippen molar-refractivity contribution in [2.24, 2.45) is 0 Å². The lowest BCUT2D eigenvalue weighted by atomic mass is 9.90. The molecule has 1 N–H and O–H groups in total. The zero-order chi connectivity index (χ0) is 13.5. The van der Waals surface area contributed by atoms with E-state index in [1.54, 1.807) is 7.11 Å². The third-order valence-electron chi connectivity index (χ3n) is 3.58. The van der Waals surface area contributed by atoms with E-state index in [0.29, 0.717) is 18.8 Å². The molecule has 98 valence electrons. The number of halogens is 1. The second-order valence-corrected chi connectivity index (χ2v) is 6.03. The lowest BCUT2D eigenvalue weighted by Gasteiger charge is -2.20. The van der Waals surface area contributed by atoms with Gasteiger partial charge >= 0.3 is 5.97 Å². The molecular formula is C14H17BrO3. The minimum absolute atomic E-state index is 0.292. The van der Waals surface area contributed by atoms with Crippen LogP contribution in [0.25, 0.3) is 0 Å². The molecular weight excluding hydrogens is 296 g/mol. The molecule has 1 saturated carbocycles. The van der Waals surface area contributed by atoms with E-state index in [1.807, 2.05) is 12.1 Å². The van der Waals surface area contributed by atoms with Gasteiger partial charge in [0.15, 0.2) is 0 Å². The molecule has 3 nitrogen and oxygen atoms in total. The third kappa shape index (κ3) is 2.03. The number of ether oxygens (including phenoxy) is 1. The Bertz CT molecular complexity index is 490. The van der Waals surface area contributed by atoms with Crippen LogP contribution in [0.4, 0.5) is 0 Å². The summed E-state index contributed by atoms with van der Waals surface area (Å²) in [5.74, 6) is 0.266. The average Bonchev–Trinajstić information content (AvgIpc) is 3.08. The minimum Gasteiger partial charge on any atom is -0.496 e. The molecule has 1 fully saturated rings. The van der Waals surface area contributed by atoms with Crippen LogP contribution >= 0.6 is 15.9 Å². The molecule has 1 aromatic carbocycles. The Balaban J connectivity index is 2.63. The van der Waals surface area contributed by atoms with Crippen LogP contribution in [-0.2, 0) is 10.2 Å². The van der Waals surface area contributed by atoms with Gasteiger partial charge in [-0.1, -0.05) is 29.8 Å². The number of carboxylic acids is 1. The fourth-order valence-corrected chi connectivity index (χ4v) is 2.83. The van der Waals surface area contributed by atoms with E-state index in [1.165, 1.54) is 0 Å². The molecule has 1 aliphatic rings. The van der Waals surface area contributed by atoms with Gasteiger partial charge in [-0.3, -0.25) is 4.79 Å². The van der Waals surface area contributed by atoms with Crippen molar-refractivity contribution in [1.82, 2.24) is 0 Å². The lowest BCUT2D eigenvalue weighted by molar-refractivity contribution is -0.140. The maximum atomic E-state index is 11.5. The summed E-state index contributed by atoms with van der Waals surface area (Å²) < 4.78 is 6.40. The number of rotatable bonds is 4. The predicted molar refractivity (Wildman–Crippen MR) is 73.3 cm³/mol. The number of aliphatic carboxylic acids is 1. The number of hydrogen-bond acceptors (Lipinski definition) is 2. The molecule has 0 unspecified atom stereocenters. The van der Waals surface area contributed by atoms with Crippen LogP contribution in [0.5, 0.6) is 5.75 Å². The van der Waals surface area contributed by atoms with Gasteiger partial charge in [0.25, 0.3) is 0 Å². The predicted octanol–water partition coefficient (Wildman–Crippen LogP) is 3.70. The third-order valence-corrected chi connectivity index (χ3v) is 4.04. The van der Waals surface area contributed by atoms with Crippen LogP contribution in [0.15, 0.2) is 16.6 Å². The molecule has 0 atom stereocenters. The van der Waals surface area contributed by atoms with Crippen LogP contribution < -0.4 is 4.74 Å². The van der Waals surface area contributed by atoms with E-state index in [2.05, 4.69) is 29.8 Å². The standard InChI is InChI=1S/C14H17BrO3/c1-8(2)10-6-9(15)7-11(12(10)18-3)14(4-5-14)13(16)17/h6-8H,4-5H2,1-3H3,(H,16,17). The Morgan fingerprint density at radius 1 is 1.44 bits per heavy atom. The normalized spacial score (nSPS) is 16.7. The van der Waals surface area contributed by atoms with E-state index in [4.69, 9.17) is 4.74 Å². The topological polar surface area (TPSA) is 46.5 Å². The summed E-state index contributed by atoms with van der Waals surface area (Å²) in [4.78, 5) is 11.5. The SMILES string of the molecule is COc1c(C(C)C)cc(Br)cc1C1(C(=O)O)CC1. The van der Waals surface area contributed by atoms with E-state index in [-0.39, 0.29) is 0 Å².